The summed E-state index contributed by atoms with van der Waals surface area (Å²) < 4.78 is 35.3. The van der Waals surface area contributed by atoms with Gasteiger partial charge in [-0.3, -0.25) is 4.79 Å². The number of ether oxygens (including phenoxy) is 1. The van der Waals surface area contributed by atoms with Crippen LogP contribution in [0.5, 0.6) is 0 Å². The zero-order chi connectivity index (χ0) is 26.7. The molecule has 1 fully saturated rings. The second-order valence-electron chi connectivity index (χ2n) is 11.5. The highest BCUT2D eigenvalue weighted by Crippen LogP contribution is 2.44. The summed E-state index contributed by atoms with van der Waals surface area (Å²) in [6, 6.07) is 15.8. The normalized spacial score (nSPS) is 22.0. The molecule has 0 aromatic heterocycles. The van der Waals surface area contributed by atoms with Gasteiger partial charge < -0.3 is 4.74 Å². The van der Waals surface area contributed by atoms with Crippen LogP contribution in [0.4, 0.5) is 0 Å². The summed E-state index contributed by atoms with van der Waals surface area (Å²) in [4.78, 5) is 13.8. The molecule has 0 aliphatic heterocycles. The minimum atomic E-state index is -3.95. The van der Waals surface area contributed by atoms with E-state index in [2.05, 4.69) is 44.2 Å². The lowest BCUT2D eigenvalue weighted by molar-refractivity contribution is -0.161. The van der Waals surface area contributed by atoms with Crippen molar-refractivity contribution in [2.45, 2.75) is 83.3 Å². The van der Waals surface area contributed by atoms with E-state index in [1.54, 1.807) is 44.2 Å². The van der Waals surface area contributed by atoms with Gasteiger partial charge in [-0.05, 0) is 48.8 Å². The molecule has 0 heterocycles. The average molecular weight is 512 g/mol. The minimum absolute atomic E-state index is 0.111. The molecule has 36 heavy (non-hydrogen) atoms. The third-order valence-electron chi connectivity index (χ3n) is 7.88. The molecule has 3 rings (SSSR count). The Morgan fingerprint density at radius 1 is 1.06 bits per heavy atom. The van der Waals surface area contributed by atoms with Gasteiger partial charge in [0, 0.05) is 11.3 Å². The third-order valence-corrected chi connectivity index (χ3v) is 9.32. The standard InChI is InChI=1S/C30H41NO4S/c1-8-29(4,5)27(31-36(33,34)24-17-14-21(2)15-18-24)28(32)35-26-20-22(3)16-19-25(26)30(6,7)23-12-10-9-11-13-23/h8-15,17-18,22,25-27,31H,1,16,19-20H2,2-7H3/t22-,25-,26-,27-/m1/s1. The number of carbonyl (C=O) groups is 1. The lowest BCUT2D eigenvalue weighted by Gasteiger charge is -2.44. The first kappa shape index (κ1) is 28.1. The predicted octanol–water partition coefficient (Wildman–Crippen LogP) is 6.18. The summed E-state index contributed by atoms with van der Waals surface area (Å²) in [6.45, 7) is 15.9. The van der Waals surface area contributed by atoms with E-state index >= 15 is 0 Å². The molecule has 0 bridgehead atoms. The summed E-state index contributed by atoms with van der Waals surface area (Å²) in [7, 11) is -3.95. The van der Waals surface area contributed by atoms with Gasteiger partial charge in [-0.1, -0.05) is 95.1 Å². The van der Waals surface area contributed by atoms with Crippen LogP contribution in [-0.2, 0) is 25.0 Å². The van der Waals surface area contributed by atoms with E-state index < -0.39 is 27.4 Å². The van der Waals surface area contributed by atoms with Crippen LogP contribution in [0.25, 0.3) is 0 Å². The monoisotopic (exact) mass is 511 g/mol. The molecule has 1 aliphatic carbocycles. The van der Waals surface area contributed by atoms with Crippen LogP contribution in [0, 0.1) is 24.2 Å². The Bertz CT molecular complexity index is 1150. The summed E-state index contributed by atoms with van der Waals surface area (Å²) >= 11 is 0. The van der Waals surface area contributed by atoms with Crippen LogP contribution >= 0.6 is 0 Å². The van der Waals surface area contributed by atoms with E-state index in [9.17, 15) is 13.2 Å². The first-order chi connectivity index (χ1) is 16.8. The molecule has 0 saturated heterocycles. The third kappa shape index (κ3) is 6.27. The Morgan fingerprint density at radius 3 is 2.25 bits per heavy atom. The number of hydrogen-bond donors (Lipinski definition) is 1. The van der Waals surface area contributed by atoms with Gasteiger partial charge in [-0.15, -0.1) is 6.58 Å². The maximum Gasteiger partial charge on any atom is 0.325 e. The molecule has 0 spiro atoms. The molecule has 1 N–H and O–H groups in total. The van der Waals surface area contributed by atoms with Gasteiger partial charge in [-0.2, -0.15) is 4.72 Å². The first-order valence-electron chi connectivity index (χ1n) is 12.8. The van der Waals surface area contributed by atoms with Crippen LogP contribution in [0.15, 0.2) is 72.1 Å². The second kappa shape index (κ2) is 10.9. The fourth-order valence-corrected chi connectivity index (χ4v) is 6.49. The number of aryl methyl sites for hydroxylation is 1. The van der Waals surface area contributed by atoms with E-state index in [1.165, 1.54) is 5.56 Å². The Kier molecular flexibility index (Phi) is 8.51. The van der Waals surface area contributed by atoms with Crippen molar-refractivity contribution in [3.05, 3.63) is 78.4 Å². The molecule has 0 radical (unpaired) electrons. The Hall–Kier alpha value is -2.44. The average Bonchev–Trinajstić information content (AvgIpc) is 2.83. The van der Waals surface area contributed by atoms with E-state index in [4.69, 9.17) is 4.74 Å². The molecule has 196 valence electrons. The van der Waals surface area contributed by atoms with Crippen LogP contribution in [0.2, 0.25) is 0 Å². The smallest absolute Gasteiger partial charge is 0.325 e. The van der Waals surface area contributed by atoms with E-state index in [0.29, 0.717) is 5.92 Å². The largest absolute Gasteiger partial charge is 0.461 e. The summed E-state index contributed by atoms with van der Waals surface area (Å²) in [5, 5.41) is 0. The molecule has 2 aromatic carbocycles. The number of esters is 1. The van der Waals surface area contributed by atoms with Crippen LogP contribution in [0.3, 0.4) is 0 Å². The second-order valence-corrected chi connectivity index (χ2v) is 13.2. The minimum Gasteiger partial charge on any atom is -0.461 e. The molecule has 2 aromatic rings. The van der Waals surface area contributed by atoms with Crippen molar-refractivity contribution in [2.75, 3.05) is 0 Å². The molecule has 4 atom stereocenters. The summed E-state index contributed by atoms with van der Waals surface area (Å²) in [6.07, 6.45) is 4.04. The molecule has 1 saturated carbocycles. The van der Waals surface area contributed by atoms with Crippen LogP contribution in [-0.4, -0.2) is 26.5 Å². The van der Waals surface area contributed by atoms with E-state index in [-0.39, 0.29) is 22.3 Å². The number of hydrogen-bond acceptors (Lipinski definition) is 4. The van der Waals surface area contributed by atoms with Gasteiger partial charge in [0.2, 0.25) is 10.0 Å². The zero-order valence-electron chi connectivity index (χ0n) is 22.5. The van der Waals surface area contributed by atoms with Gasteiger partial charge in [0.05, 0.1) is 4.90 Å². The Morgan fingerprint density at radius 2 is 1.67 bits per heavy atom. The van der Waals surface area contributed by atoms with Crippen molar-refractivity contribution >= 4 is 16.0 Å². The number of sulfonamides is 1. The van der Waals surface area contributed by atoms with Crippen molar-refractivity contribution in [2.24, 2.45) is 17.3 Å². The SMILES string of the molecule is C=CC(C)(C)[C@H](NS(=O)(=O)c1ccc(C)cc1)C(=O)O[C@@H]1C[C@H](C)CC[C@H]1C(C)(C)c1ccccc1. The van der Waals surface area contributed by atoms with Crippen LogP contribution < -0.4 is 4.72 Å². The van der Waals surface area contributed by atoms with E-state index in [0.717, 1.165) is 24.8 Å². The lowest BCUT2D eigenvalue weighted by atomic mass is 9.64. The maximum atomic E-state index is 13.7. The zero-order valence-corrected chi connectivity index (χ0v) is 23.3. The Balaban J connectivity index is 1.90. The lowest BCUT2D eigenvalue weighted by Crippen LogP contribution is -2.52. The quantitative estimate of drug-likeness (QED) is 0.322. The highest BCUT2D eigenvalue weighted by Gasteiger charge is 2.45. The van der Waals surface area contributed by atoms with Crippen LogP contribution in [0.1, 0.15) is 65.0 Å². The molecule has 0 unspecified atom stereocenters. The van der Waals surface area contributed by atoms with Gasteiger partial charge >= 0.3 is 5.97 Å². The van der Waals surface area contributed by atoms with Crippen molar-refractivity contribution < 1.29 is 17.9 Å². The number of nitrogens with one attached hydrogen (secondary N) is 1. The fraction of sp³-hybridized carbons (Fsp3) is 0.500. The molecule has 5 nitrogen and oxygen atoms in total. The van der Waals surface area contributed by atoms with Gasteiger partial charge in [0.1, 0.15) is 12.1 Å². The van der Waals surface area contributed by atoms with Crippen molar-refractivity contribution in [3.63, 3.8) is 0 Å². The van der Waals surface area contributed by atoms with E-state index in [1.807, 2.05) is 25.1 Å². The topological polar surface area (TPSA) is 72.5 Å². The summed E-state index contributed by atoms with van der Waals surface area (Å²) in [5.74, 6) is -0.0365. The van der Waals surface area contributed by atoms with Gasteiger partial charge in [-0.25, -0.2) is 8.42 Å². The van der Waals surface area contributed by atoms with Crippen molar-refractivity contribution in [1.82, 2.24) is 4.72 Å². The first-order valence-corrected chi connectivity index (χ1v) is 14.2. The number of benzene rings is 2. The molecular formula is C30H41NO4S. The molecule has 1 aliphatic rings. The van der Waals surface area contributed by atoms with Crippen molar-refractivity contribution in [3.8, 4) is 0 Å². The highest BCUT2D eigenvalue weighted by atomic mass is 32.2. The van der Waals surface area contributed by atoms with Gasteiger partial charge in [0.25, 0.3) is 0 Å². The maximum absolute atomic E-state index is 13.7. The molecular weight excluding hydrogens is 470 g/mol. The molecule has 6 heteroatoms. The van der Waals surface area contributed by atoms with Crippen molar-refractivity contribution in [1.29, 1.82) is 0 Å². The molecule has 0 amide bonds. The predicted molar refractivity (Wildman–Crippen MR) is 145 cm³/mol. The van der Waals surface area contributed by atoms with Gasteiger partial charge in [0.15, 0.2) is 0 Å². The highest BCUT2D eigenvalue weighted by molar-refractivity contribution is 7.89. The number of carbonyl (C=O) groups excluding carboxylic acids is 1. The number of rotatable bonds is 9. The summed E-state index contributed by atoms with van der Waals surface area (Å²) in [5.41, 5.74) is 1.08. The fourth-order valence-electron chi connectivity index (χ4n) is 5.15. The Labute approximate surface area is 217 Å².